The molecule has 0 aliphatic heterocycles. The summed E-state index contributed by atoms with van der Waals surface area (Å²) in [7, 11) is -2.85. The highest BCUT2D eigenvalue weighted by Crippen LogP contribution is 2.09. The van der Waals surface area contributed by atoms with E-state index >= 15 is 0 Å². The SMILES string of the molecule is CC(CCCCN=[N+]=[N-])CS(C)(=O)=O. The van der Waals surface area contributed by atoms with Gasteiger partial charge in [0.1, 0.15) is 9.84 Å². The van der Waals surface area contributed by atoms with Gasteiger partial charge in [-0.1, -0.05) is 18.5 Å². The molecule has 0 aromatic heterocycles. The third kappa shape index (κ3) is 9.35. The summed E-state index contributed by atoms with van der Waals surface area (Å²) in [4.78, 5) is 2.64. The van der Waals surface area contributed by atoms with E-state index in [-0.39, 0.29) is 11.7 Å². The molecule has 1 atom stereocenters. The standard InChI is InChI=1S/C8H17N3O2S/c1-8(7-14(2,12)13)5-3-4-6-10-11-9/h8H,3-7H2,1-2H3. The maximum Gasteiger partial charge on any atom is 0.147 e. The monoisotopic (exact) mass is 219 g/mol. The van der Waals surface area contributed by atoms with Crippen LogP contribution in [0.2, 0.25) is 0 Å². The van der Waals surface area contributed by atoms with Crippen LogP contribution in [0, 0.1) is 5.92 Å². The minimum Gasteiger partial charge on any atom is -0.229 e. The fourth-order valence-electron chi connectivity index (χ4n) is 1.32. The molecule has 14 heavy (non-hydrogen) atoms. The Hall–Kier alpha value is -0.740. The van der Waals surface area contributed by atoms with E-state index in [1.54, 1.807) is 0 Å². The molecule has 0 saturated carbocycles. The first-order chi connectivity index (χ1) is 6.45. The van der Waals surface area contributed by atoms with Gasteiger partial charge < -0.3 is 0 Å². The maximum atomic E-state index is 10.9. The van der Waals surface area contributed by atoms with Gasteiger partial charge in [-0.15, -0.1) is 0 Å². The second kappa shape index (κ2) is 6.68. The van der Waals surface area contributed by atoms with Crippen molar-refractivity contribution >= 4 is 9.84 Å². The van der Waals surface area contributed by atoms with E-state index in [2.05, 4.69) is 10.0 Å². The number of azide groups is 1. The second-order valence-corrected chi connectivity index (χ2v) is 5.83. The molecule has 0 aliphatic carbocycles. The Balaban J connectivity index is 3.54. The predicted octanol–water partition coefficient (Wildman–Crippen LogP) is 2.15. The molecule has 1 unspecified atom stereocenters. The molecule has 6 heteroatoms. The van der Waals surface area contributed by atoms with Gasteiger partial charge in [-0.25, -0.2) is 8.42 Å². The van der Waals surface area contributed by atoms with Crippen LogP contribution in [0.4, 0.5) is 0 Å². The Morgan fingerprint density at radius 1 is 1.43 bits per heavy atom. The summed E-state index contributed by atoms with van der Waals surface area (Å²) in [5.41, 5.74) is 8.01. The Morgan fingerprint density at radius 2 is 2.07 bits per heavy atom. The first-order valence-electron chi connectivity index (χ1n) is 4.64. The molecular formula is C8H17N3O2S. The zero-order valence-corrected chi connectivity index (χ0v) is 9.50. The molecule has 0 heterocycles. The minimum absolute atomic E-state index is 0.191. The highest BCUT2D eigenvalue weighted by molar-refractivity contribution is 7.90. The van der Waals surface area contributed by atoms with Crippen molar-refractivity contribution in [3.63, 3.8) is 0 Å². The smallest absolute Gasteiger partial charge is 0.147 e. The topological polar surface area (TPSA) is 82.9 Å². The summed E-state index contributed by atoms with van der Waals surface area (Å²) in [6.45, 7) is 2.43. The Kier molecular flexibility index (Phi) is 6.32. The molecular weight excluding hydrogens is 202 g/mol. The molecule has 0 spiro atoms. The largest absolute Gasteiger partial charge is 0.229 e. The lowest BCUT2D eigenvalue weighted by molar-refractivity contribution is 0.527. The molecule has 5 nitrogen and oxygen atoms in total. The van der Waals surface area contributed by atoms with Crippen molar-refractivity contribution in [2.45, 2.75) is 26.2 Å². The van der Waals surface area contributed by atoms with Crippen molar-refractivity contribution in [2.24, 2.45) is 11.0 Å². The molecule has 0 amide bonds. The van der Waals surface area contributed by atoms with E-state index in [0.717, 1.165) is 19.3 Å². The molecule has 0 radical (unpaired) electrons. The molecule has 0 fully saturated rings. The average Bonchev–Trinajstić information content (AvgIpc) is 2.00. The molecule has 0 aliphatic rings. The second-order valence-electron chi connectivity index (χ2n) is 3.65. The minimum atomic E-state index is -2.85. The van der Waals surface area contributed by atoms with Crippen molar-refractivity contribution < 1.29 is 8.42 Å². The van der Waals surface area contributed by atoms with Crippen LogP contribution in [0.15, 0.2) is 5.11 Å². The maximum absolute atomic E-state index is 10.9. The van der Waals surface area contributed by atoms with Crippen molar-refractivity contribution in [1.82, 2.24) is 0 Å². The summed E-state index contributed by atoms with van der Waals surface area (Å²) in [5, 5.41) is 3.41. The van der Waals surface area contributed by atoms with Gasteiger partial charge in [0.25, 0.3) is 0 Å². The molecule has 0 rings (SSSR count). The van der Waals surface area contributed by atoms with E-state index in [0.29, 0.717) is 6.54 Å². The van der Waals surface area contributed by atoms with Gasteiger partial charge in [0.2, 0.25) is 0 Å². The third-order valence-electron chi connectivity index (χ3n) is 1.86. The van der Waals surface area contributed by atoms with Crippen LogP contribution in [-0.2, 0) is 9.84 Å². The Morgan fingerprint density at radius 3 is 2.57 bits per heavy atom. The predicted molar refractivity (Wildman–Crippen MR) is 56.7 cm³/mol. The van der Waals surface area contributed by atoms with Gasteiger partial charge in [0.15, 0.2) is 0 Å². The Bertz CT molecular complexity index is 294. The van der Waals surface area contributed by atoms with Crippen molar-refractivity contribution in [3.05, 3.63) is 10.4 Å². The highest BCUT2D eigenvalue weighted by Gasteiger charge is 2.09. The van der Waals surface area contributed by atoms with Gasteiger partial charge in [-0.05, 0) is 24.3 Å². The van der Waals surface area contributed by atoms with E-state index in [1.165, 1.54) is 6.26 Å². The molecule has 0 aromatic carbocycles. The van der Waals surface area contributed by atoms with Gasteiger partial charge >= 0.3 is 0 Å². The van der Waals surface area contributed by atoms with Gasteiger partial charge in [0.05, 0.1) is 5.75 Å². The van der Waals surface area contributed by atoms with E-state index in [4.69, 9.17) is 5.53 Å². The van der Waals surface area contributed by atoms with Crippen molar-refractivity contribution in [2.75, 3.05) is 18.6 Å². The number of nitrogens with zero attached hydrogens (tertiary/aromatic N) is 3. The lowest BCUT2D eigenvalue weighted by Gasteiger charge is -2.08. The number of hydrogen-bond donors (Lipinski definition) is 0. The molecule has 0 aromatic rings. The summed E-state index contributed by atoms with van der Waals surface area (Å²) in [6.07, 6.45) is 3.87. The van der Waals surface area contributed by atoms with E-state index in [1.807, 2.05) is 6.92 Å². The lowest BCUT2D eigenvalue weighted by atomic mass is 10.1. The third-order valence-corrected chi connectivity index (χ3v) is 3.03. The van der Waals surface area contributed by atoms with Crippen LogP contribution in [0.25, 0.3) is 10.4 Å². The van der Waals surface area contributed by atoms with E-state index < -0.39 is 9.84 Å². The summed E-state index contributed by atoms with van der Waals surface area (Å²) in [6, 6.07) is 0. The summed E-state index contributed by atoms with van der Waals surface area (Å²) in [5.74, 6) is 0.435. The highest BCUT2D eigenvalue weighted by atomic mass is 32.2. The Labute approximate surface area is 85.1 Å². The van der Waals surface area contributed by atoms with Crippen LogP contribution in [0.5, 0.6) is 0 Å². The zero-order valence-electron chi connectivity index (χ0n) is 8.68. The molecule has 0 saturated heterocycles. The number of sulfone groups is 1. The van der Waals surface area contributed by atoms with Crippen LogP contribution < -0.4 is 0 Å². The quantitative estimate of drug-likeness (QED) is 0.284. The number of unbranched alkanes of at least 4 members (excludes halogenated alkanes) is 1. The first kappa shape index (κ1) is 13.3. The molecule has 0 N–H and O–H groups in total. The van der Waals surface area contributed by atoms with Gasteiger partial charge in [0, 0.05) is 17.7 Å². The van der Waals surface area contributed by atoms with Crippen molar-refractivity contribution in [1.29, 1.82) is 0 Å². The summed E-state index contributed by atoms with van der Waals surface area (Å²) < 4.78 is 21.8. The molecule has 82 valence electrons. The van der Waals surface area contributed by atoms with Crippen LogP contribution in [0.3, 0.4) is 0 Å². The normalized spacial score (nSPS) is 13.3. The number of rotatable bonds is 7. The van der Waals surface area contributed by atoms with Crippen LogP contribution in [-0.4, -0.2) is 27.0 Å². The summed E-state index contributed by atoms with van der Waals surface area (Å²) >= 11 is 0. The van der Waals surface area contributed by atoms with Crippen LogP contribution >= 0.6 is 0 Å². The number of hydrogen-bond acceptors (Lipinski definition) is 3. The van der Waals surface area contributed by atoms with Crippen LogP contribution in [0.1, 0.15) is 26.2 Å². The van der Waals surface area contributed by atoms with Gasteiger partial charge in [-0.2, -0.15) is 0 Å². The lowest BCUT2D eigenvalue weighted by Crippen LogP contribution is -2.11. The fraction of sp³-hybridized carbons (Fsp3) is 1.00. The average molecular weight is 219 g/mol. The molecule has 0 bridgehead atoms. The zero-order chi connectivity index (χ0) is 11.0. The van der Waals surface area contributed by atoms with Gasteiger partial charge in [-0.3, -0.25) is 0 Å². The fourth-order valence-corrected chi connectivity index (χ4v) is 2.52. The van der Waals surface area contributed by atoms with E-state index in [9.17, 15) is 8.42 Å². The van der Waals surface area contributed by atoms with Crippen molar-refractivity contribution in [3.8, 4) is 0 Å². The first-order valence-corrected chi connectivity index (χ1v) is 6.70.